The summed E-state index contributed by atoms with van der Waals surface area (Å²) in [4.78, 5) is -0.0524. The summed E-state index contributed by atoms with van der Waals surface area (Å²) >= 11 is 4.69. The molecule has 21 heavy (non-hydrogen) atoms. The van der Waals surface area contributed by atoms with Gasteiger partial charge in [-0.05, 0) is 30.5 Å². The van der Waals surface area contributed by atoms with Crippen LogP contribution in [0.15, 0.2) is 42.5 Å². The monoisotopic (exact) mass is 307 g/mol. The first-order valence-corrected chi connectivity index (χ1v) is 6.94. The van der Waals surface area contributed by atoms with Gasteiger partial charge in [0.25, 0.3) is 0 Å². The average molecular weight is 307 g/mol. The molecule has 0 saturated heterocycles. The van der Waals surface area contributed by atoms with Gasteiger partial charge in [-0.15, -0.1) is 0 Å². The Morgan fingerprint density at radius 1 is 1.10 bits per heavy atom. The van der Waals surface area contributed by atoms with E-state index in [1.54, 1.807) is 0 Å². The zero-order valence-corrected chi connectivity index (χ0v) is 12.1. The maximum absolute atomic E-state index is 13.7. The Morgan fingerprint density at radius 3 is 2.29 bits per heavy atom. The van der Waals surface area contributed by atoms with Crippen molar-refractivity contribution < 1.29 is 13.5 Å². The van der Waals surface area contributed by atoms with Crippen molar-refractivity contribution in [2.75, 3.05) is 6.61 Å². The maximum Gasteiger partial charge on any atom is 0.190 e. The van der Waals surface area contributed by atoms with Gasteiger partial charge < -0.3 is 10.5 Å². The second-order valence-corrected chi connectivity index (χ2v) is 5.01. The third kappa shape index (κ3) is 4.23. The number of ether oxygens (including phenoxy) is 1. The van der Waals surface area contributed by atoms with Gasteiger partial charge in [-0.3, -0.25) is 0 Å². The molecule has 0 bridgehead atoms. The number of rotatable bonds is 6. The van der Waals surface area contributed by atoms with Crippen LogP contribution in [0.4, 0.5) is 8.78 Å². The summed E-state index contributed by atoms with van der Waals surface area (Å²) < 4.78 is 32.7. The summed E-state index contributed by atoms with van der Waals surface area (Å²) in [7, 11) is 0. The van der Waals surface area contributed by atoms with Gasteiger partial charge in [0.1, 0.15) is 4.99 Å². The van der Waals surface area contributed by atoms with Gasteiger partial charge in [-0.2, -0.15) is 0 Å². The van der Waals surface area contributed by atoms with Crippen LogP contribution < -0.4 is 10.5 Å². The number of aryl methyl sites for hydroxylation is 1. The van der Waals surface area contributed by atoms with E-state index in [1.807, 2.05) is 30.3 Å². The fourth-order valence-electron chi connectivity index (χ4n) is 1.94. The van der Waals surface area contributed by atoms with Crippen LogP contribution in [-0.4, -0.2) is 11.6 Å². The third-order valence-electron chi connectivity index (χ3n) is 2.98. The SMILES string of the molecule is NC(=S)c1cc(F)c(OCCCc2ccccc2)c(F)c1. The van der Waals surface area contributed by atoms with Crippen molar-refractivity contribution in [2.45, 2.75) is 12.8 Å². The van der Waals surface area contributed by atoms with Gasteiger partial charge in [0.05, 0.1) is 6.61 Å². The van der Waals surface area contributed by atoms with E-state index in [0.717, 1.165) is 24.1 Å². The average Bonchev–Trinajstić information content (AvgIpc) is 2.46. The summed E-state index contributed by atoms with van der Waals surface area (Å²) in [6.07, 6.45) is 1.45. The minimum Gasteiger partial charge on any atom is -0.488 e. The molecule has 0 spiro atoms. The minimum absolute atomic E-state index is 0.0524. The number of nitrogens with two attached hydrogens (primary N) is 1. The van der Waals surface area contributed by atoms with Crippen molar-refractivity contribution in [3.05, 3.63) is 65.2 Å². The topological polar surface area (TPSA) is 35.2 Å². The van der Waals surface area contributed by atoms with Crippen LogP contribution in [0.5, 0.6) is 5.75 Å². The number of hydrogen-bond donors (Lipinski definition) is 1. The lowest BCUT2D eigenvalue weighted by Gasteiger charge is -2.10. The highest BCUT2D eigenvalue weighted by molar-refractivity contribution is 7.80. The zero-order chi connectivity index (χ0) is 15.2. The Balaban J connectivity index is 1.93. The zero-order valence-electron chi connectivity index (χ0n) is 11.3. The summed E-state index contributed by atoms with van der Waals surface area (Å²) in [6.45, 7) is 0.231. The molecule has 0 heterocycles. The quantitative estimate of drug-likeness (QED) is 0.654. The standard InChI is InChI=1S/C16H15F2NOS/c17-13-9-12(16(19)21)10-14(18)15(13)20-8-4-7-11-5-2-1-3-6-11/h1-3,5-6,9-10H,4,7-8H2,(H2,19,21). The van der Waals surface area contributed by atoms with Crippen LogP contribution in [0, 0.1) is 11.6 Å². The molecule has 2 nitrogen and oxygen atoms in total. The normalized spacial score (nSPS) is 10.4. The Bertz CT molecular complexity index is 608. The summed E-state index contributed by atoms with van der Waals surface area (Å²) in [5, 5.41) is 0. The van der Waals surface area contributed by atoms with Gasteiger partial charge >= 0.3 is 0 Å². The highest BCUT2D eigenvalue weighted by Gasteiger charge is 2.13. The van der Waals surface area contributed by atoms with Crippen LogP contribution in [0.2, 0.25) is 0 Å². The smallest absolute Gasteiger partial charge is 0.190 e. The molecule has 0 amide bonds. The van der Waals surface area contributed by atoms with Gasteiger partial charge in [0, 0.05) is 5.56 Å². The molecule has 2 rings (SSSR count). The second-order valence-electron chi connectivity index (χ2n) is 4.57. The lowest BCUT2D eigenvalue weighted by Crippen LogP contribution is -2.11. The van der Waals surface area contributed by atoms with Crippen LogP contribution in [0.3, 0.4) is 0 Å². The Hall–Kier alpha value is -2.01. The predicted octanol–water partition coefficient (Wildman–Crippen LogP) is 3.61. The summed E-state index contributed by atoms with van der Waals surface area (Å²) in [6, 6.07) is 12.0. The molecule has 0 unspecified atom stereocenters. The van der Waals surface area contributed by atoms with E-state index in [9.17, 15) is 8.78 Å². The highest BCUT2D eigenvalue weighted by Crippen LogP contribution is 2.23. The molecule has 0 aromatic heterocycles. The van der Waals surface area contributed by atoms with Crippen molar-refractivity contribution in [3.8, 4) is 5.75 Å². The molecule has 110 valence electrons. The van der Waals surface area contributed by atoms with Crippen LogP contribution in [0.1, 0.15) is 17.5 Å². The predicted molar refractivity (Wildman–Crippen MR) is 82.5 cm³/mol. The Kier molecular flexibility index (Phi) is 5.22. The van der Waals surface area contributed by atoms with Gasteiger partial charge in [-0.25, -0.2) is 8.78 Å². The number of halogens is 2. The van der Waals surface area contributed by atoms with E-state index in [1.165, 1.54) is 0 Å². The van der Waals surface area contributed by atoms with Crippen LogP contribution in [0.25, 0.3) is 0 Å². The highest BCUT2D eigenvalue weighted by atomic mass is 32.1. The first-order valence-electron chi connectivity index (χ1n) is 6.53. The van der Waals surface area contributed by atoms with E-state index in [4.69, 9.17) is 10.5 Å². The maximum atomic E-state index is 13.7. The van der Waals surface area contributed by atoms with E-state index >= 15 is 0 Å². The molecule has 2 aromatic carbocycles. The van der Waals surface area contributed by atoms with Gasteiger partial charge in [-0.1, -0.05) is 42.5 Å². The lowest BCUT2D eigenvalue weighted by molar-refractivity contribution is 0.280. The molecule has 0 aliphatic rings. The Labute approximate surface area is 127 Å². The molecule has 5 heteroatoms. The molecule has 0 saturated carbocycles. The summed E-state index contributed by atoms with van der Waals surface area (Å²) in [5.41, 5.74) is 6.65. The van der Waals surface area contributed by atoms with Crippen molar-refractivity contribution >= 4 is 17.2 Å². The summed E-state index contributed by atoms with van der Waals surface area (Å²) in [5.74, 6) is -1.97. The van der Waals surface area contributed by atoms with Crippen molar-refractivity contribution in [1.82, 2.24) is 0 Å². The molecular formula is C16H15F2NOS. The molecule has 0 aliphatic carbocycles. The molecular weight excluding hydrogens is 292 g/mol. The van der Waals surface area contributed by atoms with Crippen LogP contribution >= 0.6 is 12.2 Å². The molecule has 2 N–H and O–H groups in total. The van der Waals surface area contributed by atoms with E-state index in [-0.39, 0.29) is 22.9 Å². The minimum atomic E-state index is -0.794. The fourth-order valence-corrected chi connectivity index (χ4v) is 2.05. The molecule has 2 aromatic rings. The number of thiocarbonyl (C=S) groups is 1. The molecule has 0 fully saturated rings. The van der Waals surface area contributed by atoms with Crippen LogP contribution in [-0.2, 0) is 6.42 Å². The van der Waals surface area contributed by atoms with Gasteiger partial charge in [0.2, 0.25) is 0 Å². The van der Waals surface area contributed by atoms with Crippen molar-refractivity contribution in [1.29, 1.82) is 0 Å². The number of benzene rings is 2. The Morgan fingerprint density at radius 2 is 1.71 bits per heavy atom. The third-order valence-corrected chi connectivity index (χ3v) is 3.22. The largest absolute Gasteiger partial charge is 0.488 e. The van der Waals surface area contributed by atoms with Gasteiger partial charge in [0.15, 0.2) is 17.4 Å². The fraction of sp³-hybridized carbons (Fsp3) is 0.188. The lowest BCUT2D eigenvalue weighted by atomic mass is 10.1. The van der Waals surface area contributed by atoms with E-state index < -0.39 is 11.6 Å². The molecule has 0 radical (unpaired) electrons. The van der Waals surface area contributed by atoms with Crippen molar-refractivity contribution in [2.24, 2.45) is 5.73 Å². The molecule has 0 atom stereocenters. The second kappa shape index (κ2) is 7.13. The first kappa shape index (κ1) is 15.4. The molecule has 0 aliphatic heterocycles. The van der Waals surface area contributed by atoms with Crippen molar-refractivity contribution in [3.63, 3.8) is 0 Å². The first-order chi connectivity index (χ1) is 10.1. The van der Waals surface area contributed by atoms with E-state index in [0.29, 0.717) is 6.42 Å². The number of hydrogen-bond acceptors (Lipinski definition) is 2. The van der Waals surface area contributed by atoms with E-state index in [2.05, 4.69) is 12.2 Å².